The Morgan fingerprint density at radius 3 is 2.66 bits per heavy atom. The highest BCUT2D eigenvalue weighted by molar-refractivity contribution is 7.09. The Morgan fingerprint density at radius 1 is 1.29 bits per heavy atom. The molecule has 7 nitrogen and oxygen atoms in total. The van der Waals surface area contributed by atoms with Crippen LogP contribution in [0.4, 0.5) is 20.2 Å². The topological polar surface area (TPSA) is 77.1 Å². The molecule has 200 valence electrons. The minimum Gasteiger partial charge on any atom is -0.383 e. The summed E-state index contributed by atoms with van der Waals surface area (Å²) in [5.41, 5.74) is 11.0. The number of terminal acetylenes is 1. The number of halogens is 3. The molecule has 5 rings (SSSR count). The average molecular weight is 558 g/mol. The summed E-state index contributed by atoms with van der Waals surface area (Å²) in [5.74, 6) is 2.72. The third-order valence-corrected chi connectivity index (χ3v) is 8.06. The van der Waals surface area contributed by atoms with Gasteiger partial charge >= 0.3 is 0 Å². The van der Waals surface area contributed by atoms with Gasteiger partial charge in [0.2, 0.25) is 0 Å². The largest absolute Gasteiger partial charge is 0.383 e. The van der Waals surface area contributed by atoms with Crippen molar-refractivity contribution >= 4 is 45.2 Å². The van der Waals surface area contributed by atoms with Gasteiger partial charge in [-0.2, -0.15) is 0 Å². The smallest absolute Gasteiger partial charge is 0.262 e. The van der Waals surface area contributed by atoms with Gasteiger partial charge in [-0.3, -0.25) is 9.99 Å². The van der Waals surface area contributed by atoms with Crippen molar-refractivity contribution in [2.75, 3.05) is 17.2 Å². The van der Waals surface area contributed by atoms with Crippen LogP contribution >= 0.6 is 22.9 Å². The highest BCUT2D eigenvalue weighted by Gasteiger charge is 2.56. The molecule has 1 aliphatic heterocycles. The van der Waals surface area contributed by atoms with E-state index in [-0.39, 0.29) is 5.41 Å². The van der Waals surface area contributed by atoms with E-state index in [1.165, 1.54) is 16.3 Å². The normalized spacial score (nSPS) is 17.2. The number of nitrogens with one attached hydrogen (secondary N) is 4. The molecule has 0 amide bonds. The fraction of sp³-hybridized carbons (Fsp3) is 0.407. The molecule has 1 atom stereocenters. The number of nitrogens with zero attached hydrogens (tertiary/aromatic N) is 3. The van der Waals surface area contributed by atoms with Gasteiger partial charge in [0.05, 0.1) is 43.6 Å². The SMILES string of the molecule is C#Cc1cnc2c(Cl)cc(N[C@H](C3=CN(C4(C(F)F)CC4)NN3)c3scnc3C)cc2c1NCC(C)(C)C. The van der Waals surface area contributed by atoms with E-state index >= 15 is 0 Å². The minimum absolute atomic E-state index is 0.0204. The summed E-state index contributed by atoms with van der Waals surface area (Å²) in [5, 5.41) is 9.80. The van der Waals surface area contributed by atoms with Crippen LogP contribution in [-0.2, 0) is 0 Å². The second kappa shape index (κ2) is 9.88. The van der Waals surface area contributed by atoms with Crippen LogP contribution in [0.3, 0.4) is 0 Å². The van der Waals surface area contributed by atoms with Gasteiger partial charge in [-0.1, -0.05) is 38.3 Å². The molecular weight excluding hydrogens is 528 g/mol. The first-order valence-electron chi connectivity index (χ1n) is 12.3. The zero-order valence-corrected chi connectivity index (χ0v) is 23.2. The van der Waals surface area contributed by atoms with E-state index in [1.807, 2.05) is 19.1 Å². The standard InChI is InChI=1S/C27H30ClF2N7S/c1-6-16-11-31-22-18(21(16)32-13-26(3,4)5)9-17(10-19(22)28)34-23(24-15(2)33-14-38-24)20-12-37(36-35-20)27(7-8-27)25(29)30/h1,9-12,14,23,25,34-36H,7-8,13H2,2-5H3,(H,31,32)/t23-/m1/s1. The summed E-state index contributed by atoms with van der Waals surface area (Å²) < 4.78 is 27.5. The number of pyridine rings is 1. The maximum absolute atomic E-state index is 13.8. The van der Waals surface area contributed by atoms with E-state index < -0.39 is 18.0 Å². The fourth-order valence-electron chi connectivity index (χ4n) is 4.44. The second-order valence-electron chi connectivity index (χ2n) is 10.9. The van der Waals surface area contributed by atoms with Gasteiger partial charge in [0.1, 0.15) is 11.6 Å². The second-order valence-corrected chi connectivity index (χ2v) is 12.2. The molecule has 0 saturated heterocycles. The zero-order chi connectivity index (χ0) is 27.2. The zero-order valence-electron chi connectivity index (χ0n) is 21.6. The van der Waals surface area contributed by atoms with E-state index in [1.54, 1.807) is 17.9 Å². The maximum Gasteiger partial charge on any atom is 0.262 e. The highest BCUT2D eigenvalue weighted by Crippen LogP contribution is 2.47. The summed E-state index contributed by atoms with van der Waals surface area (Å²) in [4.78, 5) is 9.88. The summed E-state index contributed by atoms with van der Waals surface area (Å²) in [6, 6.07) is 3.38. The van der Waals surface area contributed by atoms with E-state index in [2.05, 4.69) is 58.3 Å². The Balaban J connectivity index is 1.55. The van der Waals surface area contributed by atoms with Crippen molar-refractivity contribution in [3.63, 3.8) is 0 Å². The van der Waals surface area contributed by atoms with E-state index in [0.717, 1.165) is 27.3 Å². The lowest BCUT2D eigenvalue weighted by Gasteiger charge is -2.25. The summed E-state index contributed by atoms with van der Waals surface area (Å²) >= 11 is 8.21. The van der Waals surface area contributed by atoms with E-state index in [4.69, 9.17) is 18.0 Å². The lowest BCUT2D eigenvalue weighted by atomic mass is 9.96. The van der Waals surface area contributed by atoms with Crippen LogP contribution < -0.4 is 21.6 Å². The Bertz CT molecular complexity index is 1440. The Kier molecular flexibility index (Phi) is 6.88. The number of fused-ring (bicyclic) bond motifs is 1. The van der Waals surface area contributed by atoms with Crippen molar-refractivity contribution in [2.24, 2.45) is 5.41 Å². The van der Waals surface area contributed by atoms with Crippen LogP contribution in [0.2, 0.25) is 5.02 Å². The fourth-order valence-corrected chi connectivity index (χ4v) is 5.58. The minimum atomic E-state index is -2.46. The molecule has 0 spiro atoms. The molecule has 0 unspecified atom stereocenters. The van der Waals surface area contributed by atoms with Gasteiger partial charge in [-0.25, -0.2) is 13.8 Å². The molecule has 1 aromatic carbocycles. The van der Waals surface area contributed by atoms with Gasteiger partial charge in [0.15, 0.2) is 0 Å². The van der Waals surface area contributed by atoms with Crippen molar-refractivity contribution in [2.45, 2.75) is 58.5 Å². The Morgan fingerprint density at radius 2 is 2.05 bits per heavy atom. The number of benzene rings is 1. The third kappa shape index (κ3) is 4.98. The van der Waals surface area contributed by atoms with Crippen LogP contribution in [0.5, 0.6) is 0 Å². The molecule has 3 heterocycles. The van der Waals surface area contributed by atoms with Crippen LogP contribution in [0.1, 0.15) is 55.8 Å². The molecule has 1 aliphatic carbocycles. The monoisotopic (exact) mass is 557 g/mol. The summed E-state index contributed by atoms with van der Waals surface area (Å²) in [6.45, 7) is 9.04. The number of aromatic nitrogens is 2. The van der Waals surface area contributed by atoms with E-state index in [0.29, 0.717) is 41.2 Å². The van der Waals surface area contributed by atoms with Gasteiger partial charge in [-0.05, 0) is 37.3 Å². The number of thiazole rings is 1. The van der Waals surface area contributed by atoms with Crippen LogP contribution in [-0.4, -0.2) is 33.5 Å². The predicted molar refractivity (Wildman–Crippen MR) is 150 cm³/mol. The predicted octanol–water partition coefficient (Wildman–Crippen LogP) is 6.21. The summed E-state index contributed by atoms with van der Waals surface area (Å²) in [6.07, 6.45) is 7.57. The Labute approximate surface area is 230 Å². The van der Waals surface area contributed by atoms with Crippen molar-refractivity contribution in [1.82, 2.24) is 25.9 Å². The van der Waals surface area contributed by atoms with E-state index in [9.17, 15) is 8.78 Å². The molecule has 3 aromatic rings. The number of hydrazine groups is 2. The molecule has 2 aliphatic rings. The van der Waals surface area contributed by atoms with Crippen molar-refractivity contribution in [1.29, 1.82) is 0 Å². The number of alkyl halides is 2. The van der Waals surface area contributed by atoms with Gasteiger partial charge in [-0.15, -0.1) is 23.3 Å². The first-order chi connectivity index (χ1) is 18.0. The molecule has 1 fully saturated rings. The summed E-state index contributed by atoms with van der Waals surface area (Å²) in [7, 11) is 0. The number of rotatable bonds is 8. The average Bonchev–Trinajstić information content (AvgIpc) is 3.33. The van der Waals surface area contributed by atoms with Crippen LogP contribution in [0.25, 0.3) is 10.9 Å². The number of hydrogen-bond donors (Lipinski definition) is 4. The van der Waals surface area contributed by atoms with Crippen molar-refractivity contribution < 1.29 is 8.78 Å². The molecule has 38 heavy (non-hydrogen) atoms. The first-order valence-corrected chi connectivity index (χ1v) is 13.6. The molecule has 1 saturated carbocycles. The quantitative estimate of drug-likeness (QED) is 0.245. The lowest BCUT2D eigenvalue weighted by Crippen LogP contribution is -2.48. The van der Waals surface area contributed by atoms with Crippen molar-refractivity contribution in [3.05, 3.63) is 56.9 Å². The first kappa shape index (κ1) is 26.5. The lowest BCUT2D eigenvalue weighted by molar-refractivity contribution is 0.00911. The number of anilines is 2. The number of hydrogen-bond acceptors (Lipinski definition) is 8. The van der Waals surface area contributed by atoms with Gasteiger partial charge in [0.25, 0.3) is 6.43 Å². The molecule has 0 bridgehead atoms. The van der Waals surface area contributed by atoms with Crippen molar-refractivity contribution in [3.8, 4) is 12.3 Å². The third-order valence-electron chi connectivity index (χ3n) is 6.78. The highest BCUT2D eigenvalue weighted by atomic mass is 35.5. The molecule has 2 aromatic heterocycles. The van der Waals surface area contributed by atoms with Gasteiger partial charge in [0, 0.05) is 30.0 Å². The van der Waals surface area contributed by atoms with Crippen LogP contribution in [0, 0.1) is 24.7 Å². The molecular formula is C27H30ClF2N7S. The number of aryl methyl sites for hydroxylation is 1. The molecule has 11 heteroatoms. The molecule has 4 N–H and O–H groups in total. The maximum atomic E-state index is 13.8. The molecule has 0 radical (unpaired) electrons. The van der Waals surface area contributed by atoms with Gasteiger partial charge < -0.3 is 16.1 Å². The van der Waals surface area contributed by atoms with Crippen LogP contribution in [0.15, 0.2) is 35.7 Å². The Hall–Kier alpha value is -3.13.